The second kappa shape index (κ2) is 8.97. The molecule has 0 spiro atoms. The van der Waals surface area contributed by atoms with Crippen LogP contribution >= 0.6 is 0 Å². The Balaban J connectivity index is 1.16. The number of tetrazole rings is 1. The zero-order valence-electron chi connectivity index (χ0n) is 17.6. The van der Waals surface area contributed by atoms with Gasteiger partial charge in [-0.2, -0.15) is 0 Å². The lowest BCUT2D eigenvalue weighted by Crippen LogP contribution is -2.40. The molecular weight excluding hydrogens is 392 g/mol. The molecule has 0 unspecified atom stereocenters. The number of aromatic amines is 1. The SMILES string of the molecule is O=c1[nH]c(NC2CCN(Cc3nnnn3Cc3ccccc3)CC2)nc2c1CCCC2. The van der Waals surface area contributed by atoms with E-state index in [2.05, 4.69) is 47.8 Å². The van der Waals surface area contributed by atoms with Crippen molar-refractivity contribution >= 4 is 5.95 Å². The molecular formula is C22H28N8O. The van der Waals surface area contributed by atoms with Crippen LogP contribution in [0.5, 0.6) is 0 Å². The number of nitrogens with one attached hydrogen (secondary N) is 2. The fraction of sp³-hybridized carbons (Fsp3) is 0.500. The number of aryl methyl sites for hydroxylation is 1. The van der Waals surface area contributed by atoms with Crippen LogP contribution in [0, 0.1) is 0 Å². The van der Waals surface area contributed by atoms with E-state index in [1.165, 1.54) is 5.56 Å². The first-order valence-electron chi connectivity index (χ1n) is 11.1. The third-order valence-electron chi connectivity index (χ3n) is 6.27. The highest BCUT2D eigenvalue weighted by Crippen LogP contribution is 2.19. The number of piperidine rings is 1. The largest absolute Gasteiger partial charge is 0.353 e. The van der Waals surface area contributed by atoms with Crippen molar-refractivity contribution in [2.45, 2.75) is 57.7 Å². The van der Waals surface area contributed by atoms with Gasteiger partial charge in [-0.15, -0.1) is 5.10 Å². The molecule has 0 bridgehead atoms. The molecule has 2 N–H and O–H groups in total. The Hall–Kier alpha value is -3.07. The van der Waals surface area contributed by atoms with Crippen LogP contribution in [0.3, 0.4) is 0 Å². The summed E-state index contributed by atoms with van der Waals surface area (Å²) >= 11 is 0. The van der Waals surface area contributed by atoms with Crippen molar-refractivity contribution < 1.29 is 0 Å². The van der Waals surface area contributed by atoms with E-state index in [0.29, 0.717) is 18.5 Å². The zero-order valence-corrected chi connectivity index (χ0v) is 17.6. The highest BCUT2D eigenvalue weighted by Gasteiger charge is 2.23. The van der Waals surface area contributed by atoms with Gasteiger partial charge in [0.2, 0.25) is 5.95 Å². The Morgan fingerprint density at radius 2 is 1.87 bits per heavy atom. The standard InChI is InChI=1S/C22H28N8O/c31-21-18-8-4-5-9-19(18)24-22(25-21)23-17-10-12-29(13-11-17)15-20-26-27-28-30(20)14-16-6-2-1-3-7-16/h1-3,6-7,17H,4-5,8-15H2,(H2,23,24,25,31). The van der Waals surface area contributed by atoms with E-state index in [1.54, 1.807) is 0 Å². The number of aromatic nitrogens is 6. The minimum atomic E-state index is 0.0230. The van der Waals surface area contributed by atoms with Crippen LogP contribution in [-0.4, -0.2) is 54.2 Å². The molecule has 1 aliphatic heterocycles. The number of nitrogens with zero attached hydrogens (tertiary/aromatic N) is 6. The topological polar surface area (TPSA) is 105 Å². The van der Waals surface area contributed by atoms with Gasteiger partial charge in [0.15, 0.2) is 5.82 Å². The molecule has 9 heteroatoms. The van der Waals surface area contributed by atoms with Gasteiger partial charge >= 0.3 is 0 Å². The van der Waals surface area contributed by atoms with Crippen LogP contribution in [0.15, 0.2) is 35.1 Å². The van der Waals surface area contributed by atoms with Gasteiger partial charge in [0, 0.05) is 24.7 Å². The predicted octanol–water partition coefficient (Wildman–Crippen LogP) is 1.76. The molecule has 2 aromatic heterocycles. The zero-order chi connectivity index (χ0) is 21.0. The lowest BCUT2D eigenvalue weighted by molar-refractivity contribution is 0.203. The maximum absolute atomic E-state index is 12.4. The van der Waals surface area contributed by atoms with Crippen LogP contribution in [0.4, 0.5) is 5.95 Å². The molecule has 2 aliphatic rings. The fourth-order valence-corrected chi connectivity index (χ4v) is 4.52. The number of fused-ring (bicyclic) bond motifs is 1. The average molecular weight is 421 g/mol. The van der Waals surface area contributed by atoms with E-state index in [0.717, 1.165) is 75.2 Å². The van der Waals surface area contributed by atoms with E-state index in [4.69, 9.17) is 0 Å². The smallest absolute Gasteiger partial charge is 0.255 e. The fourth-order valence-electron chi connectivity index (χ4n) is 4.52. The Labute approximate surface area is 180 Å². The summed E-state index contributed by atoms with van der Waals surface area (Å²) in [5.74, 6) is 1.51. The third kappa shape index (κ3) is 4.66. The van der Waals surface area contributed by atoms with Crippen LogP contribution < -0.4 is 10.9 Å². The van der Waals surface area contributed by atoms with Crippen molar-refractivity contribution in [1.29, 1.82) is 0 Å². The summed E-state index contributed by atoms with van der Waals surface area (Å²) in [5.41, 5.74) is 3.06. The van der Waals surface area contributed by atoms with Crippen LogP contribution in [-0.2, 0) is 25.9 Å². The van der Waals surface area contributed by atoms with E-state index >= 15 is 0 Å². The highest BCUT2D eigenvalue weighted by atomic mass is 16.1. The van der Waals surface area contributed by atoms with Crippen molar-refractivity contribution in [3.05, 3.63) is 63.3 Å². The number of benzene rings is 1. The maximum atomic E-state index is 12.4. The monoisotopic (exact) mass is 420 g/mol. The van der Waals surface area contributed by atoms with Crippen LogP contribution in [0.25, 0.3) is 0 Å². The quantitative estimate of drug-likeness (QED) is 0.626. The molecule has 3 aromatic rings. The molecule has 9 nitrogen and oxygen atoms in total. The Morgan fingerprint density at radius 1 is 1.06 bits per heavy atom. The summed E-state index contributed by atoms with van der Waals surface area (Å²) in [6.07, 6.45) is 5.93. The molecule has 31 heavy (non-hydrogen) atoms. The molecule has 162 valence electrons. The summed E-state index contributed by atoms with van der Waals surface area (Å²) < 4.78 is 1.88. The number of H-pyrrole nitrogens is 1. The average Bonchev–Trinajstić information content (AvgIpc) is 3.22. The van der Waals surface area contributed by atoms with Gasteiger partial charge in [-0.25, -0.2) is 9.67 Å². The molecule has 0 atom stereocenters. The summed E-state index contributed by atoms with van der Waals surface area (Å²) in [6, 6.07) is 10.5. The van der Waals surface area contributed by atoms with Gasteiger partial charge in [-0.1, -0.05) is 30.3 Å². The number of anilines is 1. The van der Waals surface area contributed by atoms with Crippen molar-refractivity contribution in [3.8, 4) is 0 Å². The van der Waals surface area contributed by atoms with Gasteiger partial charge in [0.1, 0.15) is 0 Å². The molecule has 0 saturated carbocycles. The molecule has 0 radical (unpaired) electrons. The third-order valence-corrected chi connectivity index (χ3v) is 6.27. The van der Waals surface area contributed by atoms with Gasteiger partial charge in [-0.3, -0.25) is 14.7 Å². The summed E-state index contributed by atoms with van der Waals surface area (Å²) in [5, 5.41) is 15.7. The van der Waals surface area contributed by atoms with Crippen molar-refractivity contribution in [2.75, 3.05) is 18.4 Å². The number of hydrogen-bond acceptors (Lipinski definition) is 7. The van der Waals surface area contributed by atoms with E-state index in [9.17, 15) is 4.79 Å². The lowest BCUT2D eigenvalue weighted by Gasteiger charge is -2.32. The number of rotatable bonds is 6. The Bertz CT molecular complexity index is 1070. The molecule has 1 saturated heterocycles. The highest BCUT2D eigenvalue weighted by molar-refractivity contribution is 5.32. The van der Waals surface area contributed by atoms with Gasteiger partial charge in [-0.05, 0) is 54.5 Å². The van der Waals surface area contributed by atoms with Crippen molar-refractivity contribution in [3.63, 3.8) is 0 Å². The molecule has 1 aromatic carbocycles. The minimum absolute atomic E-state index is 0.0230. The first-order chi connectivity index (χ1) is 15.2. The molecule has 1 fully saturated rings. The molecule has 1 aliphatic carbocycles. The van der Waals surface area contributed by atoms with Crippen LogP contribution in [0.2, 0.25) is 0 Å². The van der Waals surface area contributed by atoms with Gasteiger partial charge in [0.25, 0.3) is 5.56 Å². The van der Waals surface area contributed by atoms with E-state index in [-0.39, 0.29) is 5.56 Å². The second-order valence-electron chi connectivity index (χ2n) is 8.48. The minimum Gasteiger partial charge on any atom is -0.353 e. The Morgan fingerprint density at radius 3 is 2.71 bits per heavy atom. The normalized spacial score (nSPS) is 17.4. The van der Waals surface area contributed by atoms with Crippen LogP contribution in [0.1, 0.15) is 48.3 Å². The number of likely N-dealkylation sites (tertiary alicyclic amines) is 1. The van der Waals surface area contributed by atoms with E-state index < -0.39 is 0 Å². The maximum Gasteiger partial charge on any atom is 0.255 e. The molecule has 0 amide bonds. The summed E-state index contributed by atoms with van der Waals surface area (Å²) in [6.45, 7) is 3.31. The van der Waals surface area contributed by atoms with Crippen molar-refractivity contribution in [1.82, 2.24) is 35.1 Å². The van der Waals surface area contributed by atoms with E-state index in [1.807, 2.05) is 22.9 Å². The lowest BCUT2D eigenvalue weighted by atomic mass is 9.97. The summed E-state index contributed by atoms with van der Waals surface area (Å²) in [4.78, 5) is 22.4. The molecule has 3 heterocycles. The summed E-state index contributed by atoms with van der Waals surface area (Å²) in [7, 11) is 0. The predicted molar refractivity (Wildman–Crippen MR) is 117 cm³/mol. The van der Waals surface area contributed by atoms with Gasteiger partial charge < -0.3 is 5.32 Å². The molecule has 5 rings (SSSR count). The Kier molecular flexibility index (Phi) is 5.75. The van der Waals surface area contributed by atoms with Crippen molar-refractivity contribution in [2.24, 2.45) is 0 Å². The number of hydrogen-bond donors (Lipinski definition) is 2. The second-order valence-corrected chi connectivity index (χ2v) is 8.48. The first-order valence-corrected chi connectivity index (χ1v) is 11.1. The first kappa shape index (κ1) is 19.9. The van der Waals surface area contributed by atoms with Gasteiger partial charge in [0.05, 0.1) is 18.8 Å².